The highest BCUT2D eigenvalue weighted by Gasteiger charge is 2.10. The van der Waals surface area contributed by atoms with Crippen molar-refractivity contribution in [1.82, 2.24) is 14.8 Å². The Kier molecular flexibility index (Phi) is 6.05. The molecule has 156 valence electrons. The number of nitrogens with zero attached hydrogens (tertiary/aromatic N) is 2. The number of benzene rings is 2. The minimum Gasteiger partial charge on any atom is -0.372 e. The van der Waals surface area contributed by atoms with Crippen molar-refractivity contribution in [2.45, 2.75) is 20.1 Å². The van der Waals surface area contributed by atoms with Crippen molar-refractivity contribution in [3.63, 3.8) is 0 Å². The van der Waals surface area contributed by atoms with Crippen molar-refractivity contribution < 1.29 is 9.53 Å². The molecule has 4 aromatic rings. The molecule has 0 aliphatic heterocycles. The highest BCUT2D eigenvalue weighted by Crippen LogP contribution is 2.20. The first-order valence-electron chi connectivity index (χ1n) is 9.85. The van der Waals surface area contributed by atoms with Crippen molar-refractivity contribution in [1.29, 1.82) is 0 Å². The quantitative estimate of drug-likeness (QED) is 0.480. The molecule has 2 heterocycles. The van der Waals surface area contributed by atoms with Gasteiger partial charge in [-0.2, -0.15) is 4.68 Å². The second-order valence-electron chi connectivity index (χ2n) is 7.09. The lowest BCUT2D eigenvalue weighted by molar-refractivity contribution is -0.114. The first-order valence-corrected chi connectivity index (χ1v) is 9.85. The Morgan fingerprint density at radius 3 is 2.52 bits per heavy atom. The van der Waals surface area contributed by atoms with Crippen molar-refractivity contribution in [3.8, 4) is 16.9 Å². The summed E-state index contributed by atoms with van der Waals surface area (Å²) in [6.45, 7) is 2.24. The summed E-state index contributed by atoms with van der Waals surface area (Å²) in [4.78, 5) is 27.8. The molecule has 0 atom stereocenters. The van der Waals surface area contributed by atoms with Gasteiger partial charge in [-0.05, 0) is 34.4 Å². The molecular weight excluding hydrogens is 392 g/mol. The van der Waals surface area contributed by atoms with Crippen LogP contribution >= 0.6 is 0 Å². The summed E-state index contributed by atoms with van der Waals surface area (Å²) in [5, 5.41) is 5.28. The normalized spacial score (nSPS) is 10.7. The van der Waals surface area contributed by atoms with Gasteiger partial charge in [-0.1, -0.05) is 54.6 Å². The number of rotatable bonds is 7. The number of carbonyl (C=O) groups excluding carboxylic acids is 1. The first kappa shape index (κ1) is 20.3. The molecule has 0 fully saturated rings. The molecule has 0 aliphatic rings. The van der Waals surface area contributed by atoms with Crippen LogP contribution in [0.5, 0.6) is 0 Å². The molecule has 0 saturated heterocycles. The van der Waals surface area contributed by atoms with Crippen LogP contribution in [0.3, 0.4) is 0 Å². The van der Waals surface area contributed by atoms with E-state index in [0.717, 1.165) is 16.7 Å². The molecule has 0 radical (unpaired) electrons. The third-order valence-electron chi connectivity index (χ3n) is 4.69. The van der Waals surface area contributed by atoms with Crippen LogP contribution in [0.4, 0.5) is 5.69 Å². The zero-order valence-corrected chi connectivity index (χ0v) is 17.0. The standard InChI is InChI=1S/C24H22N4O3/c1-17(29)27-22-14-26-28(24(22)30)23-11-10-19(13-25-23)16-31-15-18-6-5-9-21(12-18)20-7-3-2-4-8-20/h2-14,26H,15-16H2,1H3,(H,27,29). The van der Waals surface area contributed by atoms with E-state index in [1.165, 1.54) is 23.4 Å². The van der Waals surface area contributed by atoms with Gasteiger partial charge in [-0.25, -0.2) is 4.98 Å². The lowest BCUT2D eigenvalue weighted by atomic mass is 10.0. The van der Waals surface area contributed by atoms with Gasteiger partial charge in [0.1, 0.15) is 5.69 Å². The first-order chi connectivity index (χ1) is 15.1. The Hall–Kier alpha value is -3.97. The summed E-state index contributed by atoms with van der Waals surface area (Å²) in [5.41, 5.74) is 4.12. The van der Waals surface area contributed by atoms with Crippen LogP contribution in [0.1, 0.15) is 18.1 Å². The number of carbonyl (C=O) groups is 1. The van der Waals surface area contributed by atoms with Gasteiger partial charge in [0.2, 0.25) is 5.91 Å². The molecular formula is C24H22N4O3. The summed E-state index contributed by atoms with van der Waals surface area (Å²) in [6.07, 6.45) is 3.10. The topological polar surface area (TPSA) is 89.0 Å². The number of ether oxygens (including phenoxy) is 1. The number of hydrogen-bond donors (Lipinski definition) is 2. The van der Waals surface area contributed by atoms with Crippen LogP contribution in [0.15, 0.2) is 83.9 Å². The van der Waals surface area contributed by atoms with Crippen LogP contribution in [0.25, 0.3) is 16.9 Å². The number of anilines is 1. The molecule has 2 aromatic carbocycles. The number of H-pyrrole nitrogens is 1. The van der Waals surface area contributed by atoms with Gasteiger partial charge >= 0.3 is 0 Å². The maximum absolute atomic E-state index is 12.3. The molecule has 0 unspecified atom stereocenters. The molecule has 2 N–H and O–H groups in total. The average molecular weight is 414 g/mol. The Balaban J connectivity index is 1.37. The summed E-state index contributed by atoms with van der Waals surface area (Å²) in [6, 6.07) is 22.1. The fourth-order valence-corrected chi connectivity index (χ4v) is 3.21. The Bertz CT molecular complexity index is 1230. The summed E-state index contributed by atoms with van der Waals surface area (Å²) >= 11 is 0. The van der Waals surface area contributed by atoms with E-state index in [9.17, 15) is 9.59 Å². The Morgan fingerprint density at radius 1 is 1.00 bits per heavy atom. The van der Waals surface area contributed by atoms with Crippen LogP contribution in [0, 0.1) is 0 Å². The fraction of sp³-hybridized carbons (Fsp3) is 0.125. The Labute approximate surface area is 179 Å². The molecule has 7 nitrogen and oxygen atoms in total. The number of amides is 1. The minimum atomic E-state index is -0.370. The maximum Gasteiger partial charge on any atom is 0.296 e. The average Bonchev–Trinajstić information content (AvgIpc) is 3.14. The van der Waals surface area contributed by atoms with Crippen molar-refractivity contribution in [3.05, 3.63) is 101 Å². The van der Waals surface area contributed by atoms with Gasteiger partial charge in [-0.15, -0.1) is 0 Å². The zero-order valence-electron chi connectivity index (χ0n) is 17.0. The molecule has 2 aromatic heterocycles. The molecule has 7 heteroatoms. The highest BCUT2D eigenvalue weighted by molar-refractivity contribution is 5.88. The smallest absolute Gasteiger partial charge is 0.296 e. The molecule has 0 spiro atoms. The predicted octanol–water partition coefficient (Wildman–Crippen LogP) is 3.90. The lowest BCUT2D eigenvalue weighted by Crippen LogP contribution is -2.20. The van der Waals surface area contributed by atoms with E-state index in [-0.39, 0.29) is 17.2 Å². The van der Waals surface area contributed by atoms with Crippen molar-refractivity contribution >= 4 is 11.6 Å². The van der Waals surface area contributed by atoms with Gasteiger partial charge in [-0.3, -0.25) is 14.7 Å². The van der Waals surface area contributed by atoms with Gasteiger partial charge in [0.25, 0.3) is 5.56 Å². The van der Waals surface area contributed by atoms with Gasteiger partial charge in [0.15, 0.2) is 5.82 Å². The van der Waals surface area contributed by atoms with Crippen molar-refractivity contribution in [2.75, 3.05) is 5.32 Å². The minimum absolute atomic E-state index is 0.180. The number of nitrogens with one attached hydrogen (secondary N) is 2. The number of aromatic amines is 1. The van der Waals surface area contributed by atoms with Crippen molar-refractivity contribution in [2.24, 2.45) is 0 Å². The third-order valence-corrected chi connectivity index (χ3v) is 4.69. The van der Waals surface area contributed by atoms with Crippen LogP contribution in [-0.4, -0.2) is 20.7 Å². The molecule has 0 saturated carbocycles. The maximum atomic E-state index is 12.3. The number of aromatic nitrogens is 3. The van der Waals surface area contributed by atoms with Crippen LogP contribution < -0.4 is 10.9 Å². The van der Waals surface area contributed by atoms with E-state index in [4.69, 9.17) is 4.74 Å². The lowest BCUT2D eigenvalue weighted by Gasteiger charge is -2.08. The molecule has 31 heavy (non-hydrogen) atoms. The summed E-state index contributed by atoms with van der Waals surface area (Å²) in [7, 11) is 0. The van der Waals surface area contributed by atoms with E-state index in [1.54, 1.807) is 12.3 Å². The van der Waals surface area contributed by atoms with Gasteiger partial charge in [0.05, 0.1) is 13.2 Å². The highest BCUT2D eigenvalue weighted by atomic mass is 16.5. The Morgan fingerprint density at radius 2 is 1.77 bits per heavy atom. The van der Waals surface area contributed by atoms with E-state index >= 15 is 0 Å². The van der Waals surface area contributed by atoms with E-state index < -0.39 is 0 Å². The monoisotopic (exact) mass is 414 g/mol. The van der Waals surface area contributed by atoms with Crippen LogP contribution in [0.2, 0.25) is 0 Å². The third kappa shape index (κ3) is 4.96. The number of pyridine rings is 1. The van der Waals surface area contributed by atoms with E-state index in [1.807, 2.05) is 36.4 Å². The second kappa shape index (κ2) is 9.23. The molecule has 0 aliphatic carbocycles. The van der Waals surface area contributed by atoms with Crippen LogP contribution in [-0.2, 0) is 22.7 Å². The SMILES string of the molecule is CC(=O)Nc1c[nH]n(-c2ccc(COCc3cccc(-c4ccccc4)c3)cn2)c1=O. The summed E-state index contributed by atoms with van der Waals surface area (Å²) in [5.74, 6) is 0.124. The zero-order chi connectivity index (χ0) is 21.6. The number of hydrogen-bond acceptors (Lipinski definition) is 4. The second-order valence-corrected chi connectivity index (χ2v) is 7.09. The molecule has 4 rings (SSSR count). The largest absolute Gasteiger partial charge is 0.372 e. The van der Waals surface area contributed by atoms with Gasteiger partial charge < -0.3 is 10.1 Å². The molecule has 0 bridgehead atoms. The van der Waals surface area contributed by atoms with Gasteiger partial charge in [0, 0.05) is 19.3 Å². The molecule has 1 amide bonds. The van der Waals surface area contributed by atoms with E-state index in [0.29, 0.717) is 19.0 Å². The summed E-state index contributed by atoms with van der Waals surface area (Å²) < 4.78 is 7.12. The van der Waals surface area contributed by atoms with E-state index in [2.05, 4.69) is 39.7 Å². The predicted molar refractivity (Wildman–Crippen MR) is 119 cm³/mol. The fourth-order valence-electron chi connectivity index (χ4n) is 3.21.